The van der Waals surface area contributed by atoms with Gasteiger partial charge < -0.3 is 5.32 Å². The summed E-state index contributed by atoms with van der Waals surface area (Å²) in [6, 6.07) is 11.1. The molecule has 2 rings (SSSR count). The second-order valence-electron chi connectivity index (χ2n) is 5.97. The van der Waals surface area contributed by atoms with Crippen molar-refractivity contribution >= 4 is 44.8 Å². The number of hydrogen-bond donors (Lipinski definition) is 1. The van der Waals surface area contributed by atoms with Crippen molar-refractivity contribution in [3.8, 4) is 0 Å². The van der Waals surface area contributed by atoms with Gasteiger partial charge in [0, 0.05) is 11.6 Å². The molecule has 26 heavy (non-hydrogen) atoms. The molecule has 1 atom stereocenters. The molecule has 0 spiro atoms. The minimum atomic E-state index is -3.76. The van der Waals surface area contributed by atoms with Gasteiger partial charge in [-0.05, 0) is 43.2 Å². The Balaban J connectivity index is 2.27. The number of nitrogens with zero attached hydrogens (tertiary/aromatic N) is 1. The topological polar surface area (TPSA) is 66.5 Å². The molecule has 0 aliphatic carbocycles. The Hall–Kier alpha value is -1.76. The number of anilines is 1. The Morgan fingerprint density at radius 2 is 1.85 bits per heavy atom. The first-order valence-corrected chi connectivity index (χ1v) is 10.5. The molecule has 5 nitrogen and oxygen atoms in total. The molecule has 0 bridgehead atoms. The number of sulfonamides is 1. The first kappa shape index (κ1) is 20.6. The van der Waals surface area contributed by atoms with Crippen molar-refractivity contribution in [3.63, 3.8) is 0 Å². The van der Waals surface area contributed by atoms with E-state index in [1.54, 1.807) is 6.07 Å². The van der Waals surface area contributed by atoms with E-state index in [2.05, 4.69) is 5.32 Å². The second kappa shape index (κ2) is 8.29. The lowest BCUT2D eigenvalue weighted by molar-refractivity contribution is -0.122. The van der Waals surface area contributed by atoms with E-state index in [4.69, 9.17) is 23.2 Å². The zero-order valence-corrected chi connectivity index (χ0v) is 17.0. The molecular weight excluding hydrogens is 395 g/mol. The van der Waals surface area contributed by atoms with E-state index in [1.165, 1.54) is 19.1 Å². The summed E-state index contributed by atoms with van der Waals surface area (Å²) in [4.78, 5) is 12.6. The molecule has 0 radical (unpaired) electrons. The molecule has 0 fully saturated rings. The van der Waals surface area contributed by atoms with Gasteiger partial charge in [0.15, 0.2) is 0 Å². The maximum atomic E-state index is 12.6. The quantitative estimate of drug-likeness (QED) is 0.781. The summed E-state index contributed by atoms with van der Waals surface area (Å²) in [5.41, 5.74) is 2.17. The van der Waals surface area contributed by atoms with Crippen LogP contribution in [0.3, 0.4) is 0 Å². The summed E-state index contributed by atoms with van der Waals surface area (Å²) in [6.07, 6.45) is 1.02. The van der Waals surface area contributed by atoms with Gasteiger partial charge >= 0.3 is 0 Å². The van der Waals surface area contributed by atoms with E-state index >= 15 is 0 Å². The van der Waals surface area contributed by atoms with Gasteiger partial charge in [-0.1, -0.05) is 47.5 Å². The average molecular weight is 415 g/mol. The van der Waals surface area contributed by atoms with Crippen LogP contribution in [0.25, 0.3) is 0 Å². The highest BCUT2D eigenvalue weighted by molar-refractivity contribution is 7.92. The van der Waals surface area contributed by atoms with Crippen molar-refractivity contribution in [3.05, 3.63) is 63.6 Å². The van der Waals surface area contributed by atoms with Gasteiger partial charge in [-0.3, -0.25) is 9.10 Å². The van der Waals surface area contributed by atoms with E-state index in [1.807, 2.05) is 31.2 Å². The lowest BCUT2D eigenvalue weighted by Crippen LogP contribution is -2.47. The fraction of sp³-hybridized carbons (Fsp3) is 0.278. The highest BCUT2D eigenvalue weighted by Gasteiger charge is 2.30. The summed E-state index contributed by atoms with van der Waals surface area (Å²) in [7, 11) is -3.76. The van der Waals surface area contributed by atoms with Crippen LogP contribution in [-0.2, 0) is 21.4 Å². The number of amides is 1. The molecule has 0 unspecified atom stereocenters. The van der Waals surface area contributed by atoms with Crippen molar-refractivity contribution in [2.75, 3.05) is 10.6 Å². The van der Waals surface area contributed by atoms with Crippen molar-refractivity contribution in [2.24, 2.45) is 0 Å². The first-order valence-electron chi connectivity index (χ1n) is 7.88. The van der Waals surface area contributed by atoms with E-state index in [0.29, 0.717) is 11.6 Å². The van der Waals surface area contributed by atoms with Crippen LogP contribution in [-0.4, -0.2) is 26.6 Å². The monoisotopic (exact) mass is 414 g/mol. The number of aryl methyl sites for hydroxylation is 1. The molecule has 0 aliphatic rings. The Labute approximate surface area is 164 Å². The molecule has 2 aromatic rings. The van der Waals surface area contributed by atoms with Crippen molar-refractivity contribution in [2.45, 2.75) is 26.4 Å². The number of nitrogens with one attached hydrogen (secondary N) is 1. The zero-order chi connectivity index (χ0) is 19.5. The SMILES string of the molecule is Cc1ccccc1CNC(=O)[C@H](C)N(c1cc(Cl)ccc1Cl)S(C)(=O)=O. The average Bonchev–Trinajstić information content (AvgIpc) is 2.56. The molecule has 0 saturated heterocycles. The van der Waals surface area contributed by atoms with Gasteiger partial charge in [0.2, 0.25) is 15.9 Å². The molecule has 0 heterocycles. The third-order valence-corrected chi connectivity index (χ3v) is 5.73. The summed E-state index contributed by atoms with van der Waals surface area (Å²) >= 11 is 12.1. The van der Waals surface area contributed by atoms with E-state index in [0.717, 1.165) is 21.7 Å². The molecule has 0 saturated carbocycles. The molecule has 0 aromatic heterocycles. The highest BCUT2D eigenvalue weighted by atomic mass is 35.5. The second-order valence-corrected chi connectivity index (χ2v) is 8.68. The Bertz CT molecular complexity index is 916. The van der Waals surface area contributed by atoms with Crippen LogP contribution in [0.1, 0.15) is 18.1 Å². The van der Waals surface area contributed by atoms with Crippen LogP contribution in [0.2, 0.25) is 10.0 Å². The standard InChI is InChI=1S/C18H20Cl2N2O3S/c1-12-6-4-5-7-14(12)11-21-18(23)13(2)22(26(3,24)25)17-10-15(19)8-9-16(17)20/h4-10,13H,11H2,1-3H3,(H,21,23)/t13-/m0/s1. The third-order valence-electron chi connectivity index (χ3n) is 3.95. The van der Waals surface area contributed by atoms with Crippen molar-refractivity contribution in [1.82, 2.24) is 5.32 Å². The van der Waals surface area contributed by atoms with Gasteiger partial charge in [0.1, 0.15) is 6.04 Å². The number of benzene rings is 2. The largest absolute Gasteiger partial charge is 0.350 e. The molecule has 8 heteroatoms. The molecule has 1 N–H and O–H groups in total. The molecule has 140 valence electrons. The van der Waals surface area contributed by atoms with Crippen LogP contribution in [0, 0.1) is 6.92 Å². The van der Waals surface area contributed by atoms with Crippen LogP contribution < -0.4 is 9.62 Å². The maximum absolute atomic E-state index is 12.6. The molecule has 2 aromatic carbocycles. The normalized spacial score (nSPS) is 12.5. The third kappa shape index (κ3) is 4.90. The van der Waals surface area contributed by atoms with Crippen LogP contribution >= 0.6 is 23.2 Å². The summed E-state index contributed by atoms with van der Waals surface area (Å²) < 4.78 is 25.6. The first-order chi connectivity index (χ1) is 12.1. The highest BCUT2D eigenvalue weighted by Crippen LogP contribution is 2.32. The van der Waals surface area contributed by atoms with Crippen LogP contribution in [0.5, 0.6) is 0 Å². The van der Waals surface area contributed by atoms with Gasteiger partial charge in [0.25, 0.3) is 0 Å². The van der Waals surface area contributed by atoms with Gasteiger partial charge in [-0.15, -0.1) is 0 Å². The smallest absolute Gasteiger partial charge is 0.243 e. The van der Waals surface area contributed by atoms with Crippen molar-refractivity contribution < 1.29 is 13.2 Å². The molecule has 0 aliphatic heterocycles. The molecular formula is C18H20Cl2N2O3S. The number of halogens is 2. The fourth-order valence-electron chi connectivity index (χ4n) is 2.57. The molecule has 1 amide bonds. The van der Waals surface area contributed by atoms with Gasteiger partial charge in [0.05, 0.1) is 17.0 Å². The Morgan fingerprint density at radius 1 is 1.19 bits per heavy atom. The zero-order valence-electron chi connectivity index (χ0n) is 14.7. The number of rotatable bonds is 6. The van der Waals surface area contributed by atoms with E-state index in [9.17, 15) is 13.2 Å². The van der Waals surface area contributed by atoms with Crippen molar-refractivity contribution in [1.29, 1.82) is 0 Å². The minimum absolute atomic E-state index is 0.167. The van der Waals surface area contributed by atoms with Gasteiger partial charge in [-0.25, -0.2) is 8.42 Å². The summed E-state index contributed by atoms with van der Waals surface area (Å²) in [5, 5.41) is 3.29. The predicted octanol–water partition coefficient (Wildman–Crippen LogP) is 3.77. The Kier molecular flexibility index (Phi) is 6.55. The summed E-state index contributed by atoms with van der Waals surface area (Å²) in [6.45, 7) is 3.75. The number of carbonyl (C=O) groups excluding carboxylic acids is 1. The van der Waals surface area contributed by atoms with E-state index < -0.39 is 22.0 Å². The van der Waals surface area contributed by atoms with Gasteiger partial charge in [-0.2, -0.15) is 0 Å². The Morgan fingerprint density at radius 3 is 2.46 bits per heavy atom. The van der Waals surface area contributed by atoms with E-state index in [-0.39, 0.29) is 10.7 Å². The predicted molar refractivity (Wildman–Crippen MR) is 106 cm³/mol. The minimum Gasteiger partial charge on any atom is -0.350 e. The lowest BCUT2D eigenvalue weighted by atomic mass is 10.1. The number of hydrogen-bond acceptors (Lipinski definition) is 3. The number of carbonyl (C=O) groups is 1. The summed E-state index contributed by atoms with van der Waals surface area (Å²) in [5.74, 6) is -0.435. The fourth-order valence-corrected chi connectivity index (χ4v) is 4.18. The van der Waals surface area contributed by atoms with Crippen LogP contribution in [0.15, 0.2) is 42.5 Å². The lowest BCUT2D eigenvalue weighted by Gasteiger charge is -2.29. The van der Waals surface area contributed by atoms with Crippen LogP contribution in [0.4, 0.5) is 5.69 Å². The maximum Gasteiger partial charge on any atom is 0.243 e.